The Kier molecular flexibility index (Phi) is 5.14. The highest BCUT2D eigenvalue weighted by molar-refractivity contribution is 7.13. The minimum absolute atomic E-state index is 0.108. The number of hydrogen-bond donors (Lipinski definition) is 0. The Bertz CT molecular complexity index is 711. The molecule has 3 rings (SSSR count). The lowest BCUT2D eigenvalue weighted by molar-refractivity contribution is -0.149. The summed E-state index contributed by atoms with van der Waals surface area (Å²) in [6.07, 6.45) is 6.07. The van der Waals surface area contributed by atoms with Gasteiger partial charge in [-0.15, -0.1) is 11.3 Å². The number of hydrogen-bond acceptors (Lipinski definition) is 7. The Morgan fingerprint density at radius 3 is 2.79 bits per heavy atom. The van der Waals surface area contributed by atoms with Crippen molar-refractivity contribution >= 4 is 23.2 Å². The molecule has 7 nitrogen and oxygen atoms in total. The summed E-state index contributed by atoms with van der Waals surface area (Å²) in [5.41, 5.74) is 1.07. The topological polar surface area (TPSA) is 85.3 Å². The Labute approximate surface area is 143 Å². The van der Waals surface area contributed by atoms with Crippen LogP contribution in [0.2, 0.25) is 0 Å². The summed E-state index contributed by atoms with van der Waals surface area (Å²) >= 11 is 1.37. The first-order valence-electron chi connectivity index (χ1n) is 7.87. The summed E-state index contributed by atoms with van der Waals surface area (Å²) in [6, 6.07) is 0. The number of carbonyl (C=O) groups is 2. The van der Waals surface area contributed by atoms with E-state index in [-0.39, 0.29) is 17.8 Å². The van der Waals surface area contributed by atoms with Crippen molar-refractivity contribution in [3.63, 3.8) is 0 Å². The predicted octanol–water partition coefficient (Wildman–Crippen LogP) is 2.02. The molecule has 0 radical (unpaired) electrons. The highest BCUT2D eigenvalue weighted by Gasteiger charge is 2.29. The van der Waals surface area contributed by atoms with Gasteiger partial charge in [-0.3, -0.25) is 19.6 Å². The first kappa shape index (κ1) is 16.5. The summed E-state index contributed by atoms with van der Waals surface area (Å²) in [5.74, 6) is -0.383. The molecule has 0 aromatic carbocycles. The van der Waals surface area contributed by atoms with E-state index in [9.17, 15) is 9.59 Å². The minimum Gasteiger partial charge on any atom is -0.466 e. The quantitative estimate of drug-likeness (QED) is 0.787. The number of thiazole rings is 1. The highest BCUT2D eigenvalue weighted by atomic mass is 32.1. The number of esters is 1. The highest BCUT2D eigenvalue weighted by Crippen LogP contribution is 2.24. The normalized spacial score (nSPS) is 15.3. The number of likely N-dealkylation sites (tertiary alicyclic amines) is 1. The molecular weight excluding hydrogens is 328 g/mol. The second-order valence-electron chi connectivity index (χ2n) is 5.45. The zero-order chi connectivity index (χ0) is 16.9. The van der Waals surface area contributed by atoms with E-state index in [4.69, 9.17) is 4.74 Å². The van der Waals surface area contributed by atoms with E-state index in [0.717, 1.165) is 0 Å². The maximum atomic E-state index is 12.6. The Hall–Kier alpha value is -2.35. The van der Waals surface area contributed by atoms with Crippen molar-refractivity contribution in [1.82, 2.24) is 19.9 Å². The Morgan fingerprint density at radius 1 is 1.33 bits per heavy atom. The molecule has 0 spiro atoms. The minimum atomic E-state index is -0.164. The molecule has 1 aliphatic rings. The molecule has 2 aromatic heterocycles. The van der Waals surface area contributed by atoms with Crippen LogP contribution in [0.4, 0.5) is 0 Å². The van der Waals surface area contributed by atoms with Gasteiger partial charge >= 0.3 is 5.97 Å². The van der Waals surface area contributed by atoms with Gasteiger partial charge in [-0.2, -0.15) is 0 Å². The number of aromatic nitrogens is 3. The van der Waals surface area contributed by atoms with Gasteiger partial charge in [0.05, 0.1) is 18.7 Å². The first-order chi connectivity index (χ1) is 11.7. The van der Waals surface area contributed by atoms with Crippen LogP contribution in [0, 0.1) is 5.92 Å². The molecule has 0 N–H and O–H groups in total. The molecule has 2 aromatic rings. The van der Waals surface area contributed by atoms with Crippen LogP contribution < -0.4 is 0 Å². The fraction of sp³-hybridized carbons (Fsp3) is 0.438. The number of amides is 1. The van der Waals surface area contributed by atoms with Crippen LogP contribution in [0.3, 0.4) is 0 Å². The molecule has 0 unspecified atom stereocenters. The van der Waals surface area contributed by atoms with Crippen molar-refractivity contribution in [2.75, 3.05) is 19.7 Å². The summed E-state index contributed by atoms with van der Waals surface area (Å²) in [7, 11) is 0. The number of carbonyl (C=O) groups excluding carboxylic acids is 2. The molecule has 0 aliphatic carbocycles. The molecule has 24 heavy (non-hydrogen) atoms. The fourth-order valence-electron chi connectivity index (χ4n) is 2.64. The van der Waals surface area contributed by atoms with E-state index in [1.54, 1.807) is 35.8 Å². The number of rotatable bonds is 4. The molecule has 0 bridgehead atoms. The van der Waals surface area contributed by atoms with Crippen molar-refractivity contribution in [1.29, 1.82) is 0 Å². The number of nitrogens with zero attached hydrogens (tertiary/aromatic N) is 4. The van der Waals surface area contributed by atoms with Crippen molar-refractivity contribution < 1.29 is 14.3 Å². The van der Waals surface area contributed by atoms with E-state index >= 15 is 0 Å². The lowest BCUT2D eigenvalue weighted by Crippen LogP contribution is -2.40. The van der Waals surface area contributed by atoms with E-state index in [1.807, 2.05) is 0 Å². The van der Waals surface area contributed by atoms with Crippen LogP contribution in [-0.2, 0) is 9.53 Å². The molecule has 3 heterocycles. The molecule has 1 aliphatic heterocycles. The van der Waals surface area contributed by atoms with Crippen molar-refractivity contribution in [3.8, 4) is 10.7 Å². The van der Waals surface area contributed by atoms with Crippen LogP contribution in [0.15, 0.2) is 24.0 Å². The largest absolute Gasteiger partial charge is 0.466 e. The summed E-state index contributed by atoms with van der Waals surface area (Å²) < 4.78 is 5.05. The molecule has 1 saturated heterocycles. The maximum absolute atomic E-state index is 12.6. The average Bonchev–Trinajstić information content (AvgIpc) is 3.12. The van der Waals surface area contributed by atoms with Gasteiger partial charge < -0.3 is 9.64 Å². The van der Waals surface area contributed by atoms with E-state index in [2.05, 4.69) is 15.0 Å². The average molecular weight is 346 g/mol. The monoisotopic (exact) mass is 346 g/mol. The van der Waals surface area contributed by atoms with Gasteiger partial charge in [-0.25, -0.2) is 4.98 Å². The van der Waals surface area contributed by atoms with E-state index < -0.39 is 0 Å². The van der Waals surface area contributed by atoms with Gasteiger partial charge in [-0.05, 0) is 19.8 Å². The van der Waals surface area contributed by atoms with Crippen LogP contribution in [0.5, 0.6) is 0 Å². The fourth-order valence-corrected chi connectivity index (χ4v) is 3.39. The van der Waals surface area contributed by atoms with Gasteiger partial charge in [0.25, 0.3) is 5.91 Å². The van der Waals surface area contributed by atoms with Crippen LogP contribution in [-0.4, -0.2) is 51.4 Å². The Balaban J connectivity index is 1.62. The van der Waals surface area contributed by atoms with Gasteiger partial charge in [0, 0.05) is 30.9 Å². The third kappa shape index (κ3) is 3.59. The van der Waals surface area contributed by atoms with Gasteiger partial charge in [0.2, 0.25) is 0 Å². The van der Waals surface area contributed by atoms with Crippen LogP contribution >= 0.6 is 11.3 Å². The zero-order valence-corrected chi connectivity index (χ0v) is 14.2. The van der Waals surface area contributed by atoms with Crippen molar-refractivity contribution in [3.05, 3.63) is 29.7 Å². The third-order valence-electron chi connectivity index (χ3n) is 3.91. The molecule has 126 valence electrons. The third-order valence-corrected chi connectivity index (χ3v) is 4.77. The molecule has 1 fully saturated rings. The second kappa shape index (κ2) is 7.48. The van der Waals surface area contributed by atoms with Crippen LogP contribution in [0.1, 0.15) is 30.3 Å². The first-order valence-corrected chi connectivity index (χ1v) is 8.74. The molecular formula is C16H18N4O3S. The van der Waals surface area contributed by atoms with Crippen molar-refractivity contribution in [2.45, 2.75) is 19.8 Å². The smallest absolute Gasteiger partial charge is 0.309 e. The summed E-state index contributed by atoms with van der Waals surface area (Å²) in [4.78, 5) is 38.6. The maximum Gasteiger partial charge on any atom is 0.309 e. The van der Waals surface area contributed by atoms with Gasteiger partial charge in [-0.1, -0.05) is 0 Å². The molecule has 0 atom stereocenters. The van der Waals surface area contributed by atoms with E-state index in [1.165, 1.54) is 11.3 Å². The van der Waals surface area contributed by atoms with Gasteiger partial charge in [0.1, 0.15) is 16.4 Å². The number of ether oxygens (including phenoxy) is 1. The summed E-state index contributed by atoms with van der Waals surface area (Å²) in [5, 5.41) is 2.41. The molecule has 0 saturated carbocycles. The number of piperidine rings is 1. The van der Waals surface area contributed by atoms with Crippen LogP contribution in [0.25, 0.3) is 10.7 Å². The predicted molar refractivity (Wildman–Crippen MR) is 88.4 cm³/mol. The van der Waals surface area contributed by atoms with Crippen molar-refractivity contribution in [2.24, 2.45) is 5.92 Å². The van der Waals surface area contributed by atoms with Gasteiger partial charge in [0.15, 0.2) is 0 Å². The molecule has 1 amide bonds. The zero-order valence-electron chi connectivity index (χ0n) is 13.3. The standard InChI is InChI=1S/C16H18N4O3S/c1-2-23-16(22)11-3-7-20(8-4-11)15(21)13-10-24-14(19-13)12-9-17-5-6-18-12/h5-6,9-11H,2-4,7-8H2,1H3. The van der Waals surface area contributed by atoms with E-state index in [0.29, 0.717) is 48.9 Å². The SMILES string of the molecule is CCOC(=O)C1CCN(C(=O)c2csc(-c3cnccn3)n2)CC1. The lowest BCUT2D eigenvalue weighted by Gasteiger charge is -2.30. The molecule has 8 heteroatoms. The Morgan fingerprint density at radius 2 is 2.12 bits per heavy atom. The lowest BCUT2D eigenvalue weighted by atomic mass is 9.97. The second-order valence-corrected chi connectivity index (χ2v) is 6.31. The summed E-state index contributed by atoms with van der Waals surface area (Å²) in [6.45, 7) is 3.27.